The summed E-state index contributed by atoms with van der Waals surface area (Å²) in [6.07, 6.45) is 4.79. The van der Waals surface area contributed by atoms with Gasteiger partial charge >= 0.3 is 0 Å². The van der Waals surface area contributed by atoms with Crippen molar-refractivity contribution in [2.45, 2.75) is 32.2 Å². The summed E-state index contributed by atoms with van der Waals surface area (Å²) in [5.41, 5.74) is -0.299. The molecule has 3 N–H and O–H groups in total. The Morgan fingerprint density at radius 2 is 1.97 bits per heavy atom. The molecule has 0 spiro atoms. The highest BCUT2D eigenvalue weighted by molar-refractivity contribution is 7.92. The minimum atomic E-state index is -3.83. The number of pyridine rings is 1. The van der Waals surface area contributed by atoms with E-state index in [1.165, 1.54) is 6.20 Å². The standard InChI is InChI=1S/C22H24F2N4O4S/c1-2-11-33(30,31)28-17-4-3-15(23)19(20(17)24)21(29)14-12-26-22-18(14)16(5-8-25-22)27-13-6-9-32-10-7-13/h3-5,8,12-13,28H,2,6-7,9-11H2,1H3,(H2,25,26,27). The maximum Gasteiger partial charge on any atom is 0.232 e. The first-order chi connectivity index (χ1) is 15.8. The maximum absolute atomic E-state index is 15.2. The Hall–Kier alpha value is -3.05. The highest BCUT2D eigenvalue weighted by Gasteiger charge is 2.27. The number of hydrogen-bond donors (Lipinski definition) is 3. The van der Waals surface area contributed by atoms with Gasteiger partial charge in [-0.3, -0.25) is 9.52 Å². The number of fused-ring (bicyclic) bond motifs is 1. The van der Waals surface area contributed by atoms with Crippen LogP contribution in [0.15, 0.2) is 30.6 Å². The number of nitrogens with one attached hydrogen (secondary N) is 3. The van der Waals surface area contributed by atoms with Crippen LogP contribution >= 0.6 is 0 Å². The van der Waals surface area contributed by atoms with E-state index in [0.717, 1.165) is 25.0 Å². The third kappa shape index (κ3) is 4.83. The fourth-order valence-corrected chi connectivity index (χ4v) is 5.01. The molecule has 1 saturated heterocycles. The van der Waals surface area contributed by atoms with Crippen molar-refractivity contribution >= 4 is 38.2 Å². The van der Waals surface area contributed by atoms with E-state index in [4.69, 9.17) is 4.74 Å². The van der Waals surface area contributed by atoms with Gasteiger partial charge in [-0.1, -0.05) is 6.92 Å². The number of carbonyl (C=O) groups excluding carboxylic acids is 1. The summed E-state index contributed by atoms with van der Waals surface area (Å²) in [5, 5.41) is 3.78. The van der Waals surface area contributed by atoms with Gasteiger partial charge in [0.05, 0.1) is 28.0 Å². The zero-order valence-corrected chi connectivity index (χ0v) is 18.8. The van der Waals surface area contributed by atoms with Crippen LogP contribution in [0.2, 0.25) is 0 Å². The van der Waals surface area contributed by atoms with Crippen LogP contribution in [0.4, 0.5) is 20.2 Å². The summed E-state index contributed by atoms with van der Waals surface area (Å²) in [6, 6.07) is 3.65. The molecule has 8 nitrogen and oxygen atoms in total. The summed E-state index contributed by atoms with van der Waals surface area (Å²) in [6.45, 7) is 2.89. The predicted molar refractivity (Wildman–Crippen MR) is 121 cm³/mol. The Morgan fingerprint density at radius 3 is 2.70 bits per heavy atom. The fraction of sp³-hybridized carbons (Fsp3) is 0.364. The van der Waals surface area contributed by atoms with E-state index >= 15 is 4.39 Å². The molecule has 1 aromatic carbocycles. The minimum absolute atomic E-state index is 0.0269. The Morgan fingerprint density at radius 1 is 1.21 bits per heavy atom. The van der Waals surface area contributed by atoms with Crippen molar-refractivity contribution in [3.05, 3.63) is 53.4 Å². The molecular formula is C22H24F2N4O4S. The zero-order valence-electron chi connectivity index (χ0n) is 18.0. The molecule has 0 saturated carbocycles. The second-order valence-corrected chi connectivity index (χ2v) is 9.69. The average Bonchev–Trinajstić information content (AvgIpc) is 3.22. The molecule has 0 amide bonds. The third-order valence-corrected chi connectivity index (χ3v) is 6.93. The van der Waals surface area contributed by atoms with Crippen molar-refractivity contribution in [3.63, 3.8) is 0 Å². The molecule has 1 fully saturated rings. The van der Waals surface area contributed by atoms with E-state index in [1.54, 1.807) is 19.2 Å². The second-order valence-electron chi connectivity index (χ2n) is 7.85. The van der Waals surface area contributed by atoms with Crippen molar-refractivity contribution in [2.24, 2.45) is 0 Å². The number of rotatable bonds is 8. The molecular weight excluding hydrogens is 454 g/mol. The van der Waals surface area contributed by atoms with Crippen molar-refractivity contribution in [3.8, 4) is 0 Å². The van der Waals surface area contributed by atoms with Crippen LogP contribution < -0.4 is 10.0 Å². The molecule has 11 heteroatoms. The number of benzene rings is 1. The molecule has 3 heterocycles. The first-order valence-corrected chi connectivity index (χ1v) is 12.3. The lowest BCUT2D eigenvalue weighted by Crippen LogP contribution is -2.28. The lowest BCUT2D eigenvalue weighted by Gasteiger charge is -2.24. The molecule has 0 unspecified atom stereocenters. The number of aromatic amines is 1. The van der Waals surface area contributed by atoms with Crippen molar-refractivity contribution in [2.75, 3.05) is 29.0 Å². The van der Waals surface area contributed by atoms with E-state index in [1.807, 2.05) is 0 Å². The van der Waals surface area contributed by atoms with Crippen LogP contribution in [-0.2, 0) is 14.8 Å². The van der Waals surface area contributed by atoms with Crippen LogP contribution in [0, 0.1) is 11.6 Å². The van der Waals surface area contributed by atoms with E-state index in [9.17, 15) is 17.6 Å². The van der Waals surface area contributed by atoms with Crippen LogP contribution in [0.3, 0.4) is 0 Å². The minimum Gasteiger partial charge on any atom is -0.381 e. The van der Waals surface area contributed by atoms with Crippen molar-refractivity contribution in [1.82, 2.24) is 9.97 Å². The highest BCUT2D eigenvalue weighted by atomic mass is 32.2. The topological polar surface area (TPSA) is 113 Å². The van der Waals surface area contributed by atoms with E-state index < -0.39 is 38.7 Å². The number of anilines is 2. The fourth-order valence-electron chi connectivity index (χ4n) is 3.88. The van der Waals surface area contributed by atoms with Crippen LogP contribution in [0.5, 0.6) is 0 Å². The van der Waals surface area contributed by atoms with Gasteiger partial charge in [0.2, 0.25) is 15.8 Å². The first kappa shape index (κ1) is 23.1. The number of carbonyl (C=O) groups is 1. The van der Waals surface area contributed by atoms with Gasteiger partial charge in [-0.2, -0.15) is 0 Å². The summed E-state index contributed by atoms with van der Waals surface area (Å²) in [7, 11) is -3.83. The zero-order chi connectivity index (χ0) is 23.6. The van der Waals surface area contributed by atoms with E-state index in [-0.39, 0.29) is 17.4 Å². The number of sulfonamides is 1. The normalized spacial score (nSPS) is 15.0. The molecule has 4 rings (SSSR count). The highest BCUT2D eigenvalue weighted by Crippen LogP contribution is 2.31. The number of ketones is 1. The smallest absolute Gasteiger partial charge is 0.232 e. The number of hydrogen-bond acceptors (Lipinski definition) is 6. The summed E-state index contributed by atoms with van der Waals surface area (Å²) in [4.78, 5) is 20.4. The number of halogens is 2. The summed E-state index contributed by atoms with van der Waals surface area (Å²) in [5.74, 6) is -3.51. The van der Waals surface area contributed by atoms with Gasteiger partial charge in [-0.05, 0) is 37.5 Å². The Kier molecular flexibility index (Phi) is 6.61. The number of aromatic nitrogens is 2. The molecule has 3 aromatic rings. The van der Waals surface area contributed by atoms with Gasteiger partial charge in [0.1, 0.15) is 11.5 Å². The number of nitrogens with zero attached hydrogens (tertiary/aromatic N) is 1. The quantitative estimate of drug-likeness (QED) is 0.425. The monoisotopic (exact) mass is 478 g/mol. The molecule has 1 aliphatic rings. The molecule has 0 atom stereocenters. The lowest BCUT2D eigenvalue weighted by molar-refractivity contribution is 0.0904. The maximum atomic E-state index is 15.2. The second kappa shape index (κ2) is 9.44. The van der Waals surface area contributed by atoms with Crippen molar-refractivity contribution in [1.29, 1.82) is 0 Å². The van der Waals surface area contributed by atoms with Gasteiger partial charge < -0.3 is 15.0 Å². The molecule has 0 bridgehead atoms. The van der Waals surface area contributed by atoms with Crippen LogP contribution in [0.1, 0.15) is 42.1 Å². The summed E-state index contributed by atoms with van der Waals surface area (Å²) < 4.78 is 61.4. The predicted octanol–water partition coefficient (Wildman–Crippen LogP) is 3.81. The Bertz CT molecular complexity index is 1290. The van der Waals surface area contributed by atoms with Gasteiger partial charge in [0.25, 0.3) is 0 Å². The Labute approximate surface area is 189 Å². The van der Waals surface area contributed by atoms with Gasteiger partial charge in [-0.15, -0.1) is 0 Å². The Balaban J connectivity index is 1.74. The van der Waals surface area contributed by atoms with Gasteiger partial charge in [-0.25, -0.2) is 22.2 Å². The van der Waals surface area contributed by atoms with Gasteiger partial charge in [0, 0.05) is 37.3 Å². The number of H-pyrrole nitrogens is 1. The first-order valence-electron chi connectivity index (χ1n) is 10.6. The summed E-state index contributed by atoms with van der Waals surface area (Å²) >= 11 is 0. The molecule has 0 aliphatic carbocycles. The van der Waals surface area contributed by atoms with Crippen molar-refractivity contribution < 1.29 is 26.7 Å². The SMILES string of the molecule is CCCS(=O)(=O)Nc1ccc(F)c(C(=O)c2c[nH]c3nccc(NC4CCOCC4)c23)c1F. The van der Waals surface area contributed by atoms with E-state index in [2.05, 4.69) is 20.0 Å². The van der Waals surface area contributed by atoms with E-state index in [0.29, 0.717) is 36.4 Å². The molecule has 1 aliphatic heterocycles. The van der Waals surface area contributed by atoms with Crippen LogP contribution in [0.25, 0.3) is 11.0 Å². The molecule has 0 radical (unpaired) electrons. The third-order valence-electron chi connectivity index (χ3n) is 5.46. The molecule has 33 heavy (non-hydrogen) atoms. The van der Waals surface area contributed by atoms with Gasteiger partial charge in [0.15, 0.2) is 5.82 Å². The molecule has 176 valence electrons. The van der Waals surface area contributed by atoms with Crippen LogP contribution in [-0.4, -0.2) is 49.2 Å². The largest absolute Gasteiger partial charge is 0.381 e. The average molecular weight is 479 g/mol. The molecule has 2 aromatic heterocycles. The lowest BCUT2D eigenvalue weighted by atomic mass is 10.0. The number of ether oxygens (including phenoxy) is 1.